The van der Waals surface area contributed by atoms with E-state index in [1.165, 1.54) is 39.3 Å². The Balaban J connectivity index is 1.48. The molecule has 3 heterocycles. The van der Waals surface area contributed by atoms with Crippen molar-refractivity contribution in [2.45, 2.75) is 63.7 Å². The second-order valence-corrected chi connectivity index (χ2v) is 12.2. The van der Waals surface area contributed by atoms with Gasteiger partial charge >= 0.3 is 0 Å². The molecule has 3 aromatic heterocycles. The maximum absolute atomic E-state index is 12.8. The third-order valence-electron chi connectivity index (χ3n) is 5.99. The molecule has 0 aromatic carbocycles. The maximum atomic E-state index is 12.8. The van der Waals surface area contributed by atoms with E-state index in [2.05, 4.69) is 47.3 Å². The highest BCUT2D eigenvalue weighted by Crippen LogP contribution is 2.37. The number of allylic oxidation sites excluding steroid dienone is 1. The van der Waals surface area contributed by atoms with Crippen molar-refractivity contribution in [1.82, 2.24) is 20.1 Å². The first-order chi connectivity index (χ1) is 17.9. The standard InChI is InChI=1S/C26H30N6O2S3/c1-4-11-32-23(19(13-16(2)3)28-24(34)21-10-7-12-35-21)30-31-26(32)36-15-22(33)29-25-18(14-27)17-8-5-6-9-20(17)37-25/h4,7,10,12,16,19H,1,5-6,8-9,11,13,15H2,2-3H3,(H,28,34)(H,29,33)/t19-/m1/s1. The van der Waals surface area contributed by atoms with Gasteiger partial charge in [0.15, 0.2) is 11.0 Å². The summed E-state index contributed by atoms with van der Waals surface area (Å²) in [7, 11) is 0. The van der Waals surface area contributed by atoms with Crippen molar-refractivity contribution in [3.63, 3.8) is 0 Å². The van der Waals surface area contributed by atoms with Crippen LogP contribution in [-0.4, -0.2) is 32.3 Å². The summed E-state index contributed by atoms with van der Waals surface area (Å²) >= 11 is 4.18. The monoisotopic (exact) mass is 554 g/mol. The van der Waals surface area contributed by atoms with Gasteiger partial charge in [-0.3, -0.25) is 9.59 Å². The van der Waals surface area contributed by atoms with Crippen LogP contribution in [0.5, 0.6) is 0 Å². The van der Waals surface area contributed by atoms with Gasteiger partial charge in [-0.15, -0.1) is 39.4 Å². The number of hydrogen-bond acceptors (Lipinski definition) is 8. The van der Waals surface area contributed by atoms with Gasteiger partial charge in [0.25, 0.3) is 5.91 Å². The molecule has 0 saturated carbocycles. The fourth-order valence-electron chi connectivity index (χ4n) is 4.37. The van der Waals surface area contributed by atoms with E-state index >= 15 is 0 Å². The number of hydrogen-bond donors (Lipinski definition) is 2. The lowest BCUT2D eigenvalue weighted by Gasteiger charge is -2.20. The molecule has 0 fully saturated rings. The Morgan fingerprint density at radius 1 is 1.32 bits per heavy atom. The number of rotatable bonds is 11. The molecular formula is C26H30N6O2S3. The normalized spacial score (nSPS) is 13.6. The number of nitrogens with one attached hydrogen (secondary N) is 2. The van der Waals surface area contributed by atoms with Crippen molar-refractivity contribution < 1.29 is 9.59 Å². The Morgan fingerprint density at radius 2 is 2.14 bits per heavy atom. The van der Waals surface area contributed by atoms with E-state index in [9.17, 15) is 14.9 Å². The molecule has 1 aliphatic carbocycles. The quantitative estimate of drug-likeness (QED) is 0.236. The minimum absolute atomic E-state index is 0.124. The zero-order valence-electron chi connectivity index (χ0n) is 21.0. The molecular weight excluding hydrogens is 525 g/mol. The number of anilines is 1. The lowest BCUT2D eigenvalue weighted by atomic mass is 9.96. The van der Waals surface area contributed by atoms with Gasteiger partial charge in [-0.25, -0.2) is 0 Å². The SMILES string of the molecule is C=CCn1c(SCC(=O)Nc2sc3c(c2C#N)CCCC3)nnc1[C@@H](CC(C)C)NC(=O)c1cccs1. The summed E-state index contributed by atoms with van der Waals surface area (Å²) in [6.45, 7) is 8.50. The van der Waals surface area contributed by atoms with Crippen molar-refractivity contribution >= 4 is 51.3 Å². The highest BCUT2D eigenvalue weighted by molar-refractivity contribution is 7.99. The Kier molecular flexibility index (Phi) is 9.18. The molecule has 1 aliphatic rings. The largest absolute Gasteiger partial charge is 0.341 e. The van der Waals surface area contributed by atoms with Gasteiger partial charge in [0, 0.05) is 11.4 Å². The highest BCUT2D eigenvalue weighted by Gasteiger charge is 2.26. The fraction of sp³-hybridized carbons (Fsp3) is 0.423. The molecule has 1 atom stereocenters. The first kappa shape index (κ1) is 27.1. The summed E-state index contributed by atoms with van der Waals surface area (Å²) in [4.78, 5) is 27.5. The lowest BCUT2D eigenvalue weighted by molar-refractivity contribution is -0.113. The number of nitrogens with zero attached hydrogens (tertiary/aromatic N) is 4. The summed E-state index contributed by atoms with van der Waals surface area (Å²) in [5, 5.41) is 27.6. The van der Waals surface area contributed by atoms with Gasteiger partial charge in [-0.1, -0.05) is 37.8 Å². The van der Waals surface area contributed by atoms with Crippen molar-refractivity contribution in [3.05, 3.63) is 56.9 Å². The molecule has 8 nitrogen and oxygen atoms in total. The van der Waals surface area contributed by atoms with Crippen LogP contribution in [0.3, 0.4) is 0 Å². The molecule has 37 heavy (non-hydrogen) atoms. The summed E-state index contributed by atoms with van der Waals surface area (Å²) in [6, 6.07) is 5.59. The highest BCUT2D eigenvalue weighted by atomic mass is 32.2. The molecule has 2 amide bonds. The number of thiophene rings is 2. The average Bonchev–Trinajstić information content (AvgIpc) is 3.61. The summed E-state index contributed by atoms with van der Waals surface area (Å²) < 4.78 is 1.90. The maximum Gasteiger partial charge on any atom is 0.261 e. The van der Waals surface area contributed by atoms with E-state index in [0.29, 0.717) is 45.3 Å². The van der Waals surface area contributed by atoms with E-state index in [-0.39, 0.29) is 23.6 Å². The molecule has 2 N–H and O–H groups in total. The van der Waals surface area contributed by atoms with Crippen LogP contribution in [0.1, 0.15) is 70.7 Å². The van der Waals surface area contributed by atoms with Gasteiger partial charge in [0.2, 0.25) is 5.91 Å². The van der Waals surface area contributed by atoms with Crippen molar-refractivity contribution in [1.29, 1.82) is 5.26 Å². The van der Waals surface area contributed by atoms with E-state index < -0.39 is 0 Å². The van der Waals surface area contributed by atoms with Gasteiger partial charge in [-0.2, -0.15) is 5.26 Å². The van der Waals surface area contributed by atoms with E-state index in [1.807, 2.05) is 16.0 Å². The third kappa shape index (κ3) is 6.50. The smallest absolute Gasteiger partial charge is 0.261 e. The van der Waals surface area contributed by atoms with Gasteiger partial charge in [0.05, 0.1) is 22.2 Å². The van der Waals surface area contributed by atoms with E-state index in [4.69, 9.17) is 0 Å². The summed E-state index contributed by atoms with van der Waals surface area (Å²) in [5.74, 6) is 0.738. The van der Waals surface area contributed by atoms with Gasteiger partial charge in [0.1, 0.15) is 11.1 Å². The number of aryl methyl sites for hydroxylation is 1. The third-order valence-corrected chi connectivity index (χ3v) is 9.04. The molecule has 0 bridgehead atoms. The van der Waals surface area contributed by atoms with Crippen LogP contribution in [0.4, 0.5) is 5.00 Å². The Labute approximate surface area is 229 Å². The molecule has 3 aromatic rings. The van der Waals surface area contributed by atoms with Gasteiger partial charge in [-0.05, 0) is 55.0 Å². The number of carbonyl (C=O) groups is 2. The number of nitriles is 1. The molecule has 0 radical (unpaired) electrons. The van der Waals surface area contributed by atoms with Crippen LogP contribution in [0.25, 0.3) is 0 Å². The minimum Gasteiger partial charge on any atom is -0.341 e. The van der Waals surface area contributed by atoms with Crippen molar-refractivity contribution in [3.8, 4) is 6.07 Å². The number of thioether (sulfide) groups is 1. The first-order valence-corrected chi connectivity index (χ1v) is 14.9. The summed E-state index contributed by atoms with van der Waals surface area (Å²) in [6.07, 6.45) is 6.50. The van der Waals surface area contributed by atoms with Crippen LogP contribution in [0.15, 0.2) is 35.3 Å². The van der Waals surface area contributed by atoms with E-state index in [0.717, 1.165) is 31.2 Å². The Morgan fingerprint density at radius 3 is 2.84 bits per heavy atom. The van der Waals surface area contributed by atoms with Crippen LogP contribution in [0, 0.1) is 17.2 Å². The molecule has 4 rings (SSSR count). The van der Waals surface area contributed by atoms with Crippen LogP contribution in [-0.2, 0) is 24.2 Å². The molecule has 0 aliphatic heterocycles. The molecule has 194 valence electrons. The molecule has 11 heteroatoms. The number of carbonyl (C=O) groups excluding carboxylic acids is 2. The fourth-order valence-corrected chi connectivity index (χ4v) is 7.01. The Bertz CT molecular complexity index is 1300. The number of aromatic nitrogens is 3. The predicted molar refractivity (Wildman–Crippen MR) is 149 cm³/mol. The predicted octanol–water partition coefficient (Wildman–Crippen LogP) is 5.59. The first-order valence-electron chi connectivity index (χ1n) is 12.3. The number of amides is 2. The zero-order chi connectivity index (χ0) is 26.4. The lowest BCUT2D eigenvalue weighted by Crippen LogP contribution is -2.31. The molecule has 0 saturated heterocycles. The topological polar surface area (TPSA) is 113 Å². The van der Waals surface area contributed by atoms with Gasteiger partial charge < -0.3 is 15.2 Å². The van der Waals surface area contributed by atoms with Crippen LogP contribution in [0.2, 0.25) is 0 Å². The minimum atomic E-state index is -0.333. The number of fused-ring (bicyclic) bond motifs is 1. The molecule has 0 unspecified atom stereocenters. The average molecular weight is 555 g/mol. The van der Waals surface area contributed by atoms with Crippen molar-refractivity contribution in [2.75, 3.05) is 11.1 Å². The zero-order valence-corrected chi connectivity index (χ0v) is 23.4. The second-order valence-electron chi connectivity index (χ2n) is 9.24. The second kappa shape index (κ2) is 12.5. The Hall–Kier alpha value is -2.94. The van der Waals surface area contributed by atoms with Crippen LogP contribution < -0.4 is 10.6 Å². The van der Waals surface area contributed by atoms with Crippen molar-refractivity contribution in [2.24, 2.45) is 5.92 Å². The van der Waals surface area contributed by atoms with Crippen LogP contribution >= 0.6 is 34.4 Å². The molecule has 0 spiro atoms. The summed E-state index contributed by atoms with van der Waals surface area (Å²) in [5.41, 5.74) is 1.70. The van der Waals surface area contributed by atoms with E-state index in [1.54, 1.807) is 12.1 Å².